The van der Waals surface area contributed by atoms with Crippen LogP contribution in [0.4, 0.5) is 0 Å². The number of hydrogen-bond acceptors (Lipinski definition) is 4. The highest BCUT2D eigenvalue weighted by molar-refractivity contribution is 5.95. The van der Waals surface area contributed by atoms with Crippen LogP contribution in [0.2, 0.25) is 0 Å². The largest absolute Gasteiger partial charge is 0.507 e. The molecule has 0 saturated heterocycles. The quantitative estimate of drug-likeness (QED) is 0.527. The molecule has 130 valence electrons. The monoisotopic (exact) mass is 352 g/mol. The van der Waals surface area contributed by atoms with Crippen molar-refractivity contribution in [2.45, 2.75) is 6.42 Å². The van der Waals surface area contributed by atoms with Crippen molar-refractivity contribution in [2.24, 2.45) is 0 Å². The van der Waals surface area contributed by atoms with Gasteiger partial charge in [-0.2, -0.15) is 9.61 Å². The third-order valence-corrected chi connectivity index (χ3v) is 4.70. The van der Waals surface area contributed by atoms with Gasteiger partial charge >= 0.3 is 0 Å². The summed E-state index contributed by atoms with van der Waals surface area (Å²) in [6, 6.07) is 25.5. The lowest BCUT2D eigenvalue weighted by Gasteiger charge is -2.09. The van der Waals surface area contributed by atoms with Gasteiger partial charge in [0.05, 0.1) is 11.3 Å². The van der Waals surface area contributed by atoms with E-state index in [0.717, 1.165) is 16.5 Å². The van der Waals surface area contributed by atoms with E-state index in [0.29, 0.717) is 23.5 Å². The van der Waals surface area contributed by atoms with Crippen LogP contribution in [0, 0.1) is 0 Å². The molecule has 0 unspecified atom stereocenters. The van der Waals surface area contributed by atoms with Crippen LogP contribution in [0.1, 0.15) is 11.3 Å². The third-order valence-electron chi connectivity index (χ3n) is 4.70. The lowest BCUT2D eigenvalue weighted by Crippen LogP contribution is -2.03. The van der Waals surface area contributed by atoms with Crippen LogP contribution in [-0.4, -0.2) is 24.9 Å². The van der Waals surface area contributed by atoms with Crippen molar-refractivity contribution < 1.29 is 5.11 Å². The number of para-hydroxylation sites is 1. The molecular formula is C22H16N4O. The molecule has 0 fully saturated rings. The number of phenols is 1. The molecule has 0 atom stereocenters. The Hall–Kier alpha value is -3.73. The first-order chi connectivity index (χ1) is 13.3. The van der Waals surface area contributed by atoms with Gasteiger partial charge in [0.25, 0.3) is 0 Å². The Morgan fingerprint density at radius 3 is 2.26 bits per heavy atom. The van der Waals surface area contributed by atoms with Crippen LogP contribution >= 0.6 is 0 Å². The molecule has 5 rings (SSSR count). The van der Waals surface area contributed by atoms with Crippen molar-refractivity contribution in [3.8, 4) is 17.1 Å². The van der Waals surface area contributed by atoms with Crippen molar-refractivity contribution in [1.29, 1.82) is 0 Å². The molecule has 5 aromatic rings. The molecule has 0 bridgehead atoms. The first kappa shape index (κ1) is 15.5. The van der Waals surface area contributed by atoms with E-state index in [9.17, 15) is 5.11 Å². The summed E-state index contributed by atoms with van der Waals surface area (Å²) in [5, 5.41) is 25.8. The zero-order valence-electron chi connectivity index (χ0n) is 14.4. The molecule has 2 heterocycles. The minimum atomic E-state index is 0.159. The molecule has 0 aliphatic heterocycles. The smallest absolute Gasteiger partial charge is 0.189 e. The highest BCUT2D eigenvalue weighted by atomic mass is 16.3. The summed E-state index contributed by atoms with van der Waals surface area (Å²) in [4.78, 5) is 0. The summed E-state index contributed by atoms with van der Waals surface area (Å²) in [5.74, 6) is 0.689. The van der Waals surface area contributed by atoms with Crippen LogP contribution < -0.4 is 0 Å². The third kappa shape index (κ3) is 2.60. The van der Waals surface area contributed by atoms with Crippen molar-refractivity contribution in [3.05, 3.63) is 90.1 Å². The maximum absolute atomic E-state index is 10.3. The Morgan fingerprint density at radius 1 is 0.741 bits per heavy atom. The van der Waals surface area contributed by atoms with Crippen molar-refractivity contribution in [3.63, 3.8) is 0 Å². The molecule has 3 aromatic carbocycles. The number of nitrogens with zero attached hydrogens (tertiary/aromatic N) is 4. The first-order valence-corrected chi connectivity index (χ1v) is 8.76. The molecule has 1 N–H and O–H groups in total. The number of aromatic hydroxyl groups is 1. The van der Waals surface area contributed by atoms with E-state index in [1.807, 2.05) is 48.5 Å². The molecule has 0 radical (unpaired) electrons. The maximum Gasteiger partial charge on any atom is 0.189 e. The second-order valence-corrected chi connectivity index (χ2v) is 6.43. The highest BCUT2D eigenvalue weighted by Crippen LogP contribution is 2.30. The zero-order valence-corrected chi connectivity index (χ0v) is 14.4. The first-order valence-electron chi connectivity index (χ1n) is 8.76. The second-order valence-electron chi connectivity index (χ2n) is 6.43. The molecule has 5 nitrogen and oxygen atoms in total. The van der Waals surface area contributed by atoms with Gasteiger partial charge in [-0.1, -0.05) is 66.7 Å². The van der Waals surface area contributed by atoms with Crippen LogP contribution in [0.5, 0.6) is 5.75 Å². The lowest BCUT2D eigenvalue weighted by atomic mass is 10.0. The number of rotatable bonds is 3. The molecular weight excluding hydrogens is 336 g/mol. The Kier molecular flexibility index (Phi) is 3.57. The fourth-order valence-corrected chi connectivity index (χ4v) is 3.40. The predicted octanol–water partition coefficient (Wildman–Crippen LogP) is 4.24. The normalized spacial score (nSPS) is 11.3. The molecule has 5 heteroatoms. The molecule has 0 aliphatic rings. The van der Waals surface area contributed by atoms with Gasteiger partial charge in [0.15, 0.2) is 11.5 Å². The number of hydrogen-bond donors (Lipinski definition) is 1. The molecule has 0 saturated carbocycles. The van der Waals surface area contributed by atoms with Gasteiger partial charge < -0.3 is 5.11 Å². The summed E-state index contributed by atoms with van der Waals surface area (Å²) in [7, 11) is 0. The van der Waals surface area contributed by atoms with Crippen LogP contribution in [0.15, 0.2) is 78.9 Å². The maximum atomic E-state index is 10.3. The van der Waals surface area contributed by atoms with Gasteiger partial charge in [0.1, 0.15) is 5.75 Å². The Labute approximate surface area is 155 Å². The summed E-state index contributed by atoms with van der Waals surface area (Å²) in [5.41, 5.74) is 3.42. The van der Waals surface area contributed by atoms with E-state index >= 15 is 0 Å². The minimum absolute atomic E-state index is 0.159. The van der Waals surface area contributed by atoms with E-state index in [-0.39, 0.29) is 5.75 Å². The number of fused-ring (bicyclic) bond motifs is 3. The number of benzene rings is 3. The fraction of sp³-hybridized carbons (Fsp3) is 0.0455. The minimum Gasteiger partial charge on any atom is -0.507 e. The van der Waals surface area contributed by atoms with Crippen molar-refractivity contribution in [1.82, 2.24) is 19.8 Å². The van der Waals surface area contributed by atoms with Gasteiger partial charge in [-0.05, 0) is 17.7 Å². The SMILES string of the molecule is Oc1ccccc1-c1nnc2c3ccccc3c(Cc3ccccc3)nn12. The van der Waals surface area contributed by atoms with Gasteiger partial charge in [0, 0.05) is 17.2 Å². The Morgan fingerprint density at radius 2 is 1.44 bits per heavy atom. The molecule has 2 aromatic heterocycles. The van der Waals surface area contributed by atoms with E-state index in [4.69, 9.17) is 5.10 Å². The fourth-order valence-electron chi connectivity index (χ4n) is 3.40. The second kappa shape index (κ2) is 6.21. The van der Waals surface area contributed by atoms with Gasteiger partial charge in [-0.3, -0.25) is 0 Å². The van der Waals surface area contributed by atoms with Crippen LogP contribution in [0.3, 0.4) is 0 Å². The molecule has 27 heavy (non-hydrogen) atoms. The van der Waals surface area contributed by atoms with Gasteiger partial charge in [-0.25, -0.2) is 0 Å². The van der Waals surface area contributed by atoms with Crippen molar-refractivity contribution >= 4 is 16.4 Å². The summed E-state index contributed by atoms with van der Waals surface area (Å²) >= 11 is 0. The standard InChI is InChI=1S/C22H16N4O/c27-20-13-7-6-12-18(20)22-24-23-21-17-11-5-4-10-16(17)19(25-26(21)22)14-15-8-2-1-3-9-15/h1-13,27H,14H2. The topological polar surface area (TPSA) is 63.3 Å². The molecule has 0 aliphatic carbocycles. The van der Waals surface area contributed by atoms with E-state index in [1.54, 1.807) is 16.6 Å². The average Bonchev–Trinajstić information content (AvgIpc) is 3.13. The Balaban J connectivity index is 1.78. The number of aromatic nitrogens is 4. The Bertz CT molecular complexity index is 1260. The van der Waals surface area contributed by atoms with Crippen LogP contribution in [0.25, 0.3) is 27.8 Å². The van der Waals surface area contributed by atoms with E-state index in [1.165, 1.54) is 5.56 Å². The summed E-state index contributed by atoms with van der Waals surface area (Å²) < 4.78 is 1.73. The zero-order chi connectivity index (χ0) is 18.2. The van der Waals surface area contributed by atoms with Gasteiger partial charge in [0.2, 0.25) is 0 Å². The summed E-state index contributed by atoms with van der Waals surface area (Å²) in [6.45, 7) is 0. The highest BCUT2D eigenvalue weighted by Gasteiger charge is 2.17. The summed E-state index contributed by atoms with van der Waals surface area (Å²) in [6.07, 6.45) is 0.704. The van der Waals surface area contributed by atoms with Gasteiger partial charge in [-0.15, -0.1) is 10.2 Å². The lowest BCUT2D eigenvalue weighted by molar-refractivity contribution is 0.476. The van der Waals surface area contributed by atoms with E-state index < -0.39 is 0 Å². The van der Waals surface area contributed by atoms with Crippen LogP contribution in [-0.2, 0) is 6.42 Å². The predicted molar refractivity (Wildman–Crippen MR) is 105 cm³/mol. The number of phenolic OH excluding ortho intramolecular Hbond substituents is 1. The van der Waals surface area contributed by atoms with Crippen molar-refractivity contribution in [2.75, 3.05) is 0 Å². The molecule has 0 amide bonds. The average molecular weight is 352 g/mol. The van der Waals surface area contributed by atoms with E-state index in [2.05, 4.69) is 28.4 Å². The molecule has 0 spiro atoms.